The van der Waals surface area contributed by atoms with E-state index >= 15 is 0 Å². The Morgan fingerprint density at radius 3 is 2.88 bits per heavy atom. The fraction of sp³-hybridized carbons (Fsp3) is 0.727. The summed E-state index contributed by atoms with van der Waals surface area (Å²) in [5, 5.41) is 15.3. The Hall–Kier alpha value is -0.330. The van der Waals surface area contributed by atoms with Crippen LogP contribution in [0.15, 0.2) is 6.20 Å². The number of aliphatic hydroxyl groups excluding tert-OH is 1. The number of aromatic nitrogens is 2. The summed E-state index contributed by atoms with van der Waals surface area (Å²) in [4.78, 5) is 0. The van der Waals surface area contributed by atoms with E-state index in [1.807, 2.05) is 30.6 Å². The first-order chi connectivity index (χ1) is 8.15. The van der Waals surface area contributed by atoms with Crippen molar-refractivity contribution in [3.05, 3.63) is 11.9 Å². The zero-order valence-corrected chi connectivity index (χ0v) is 11.9. The van der Waals surface area contributed by atoms with Gasteiger partial charge >= 0.3 is 0 Å². The maximum absolute atomic E-state index is 10.5. The van der Waals surface area contributed by atoms with E-state index in [0.717, 1.165) is 17.2 Å². The molecule has 1 aromatic heterocycles. The lowest BCUT2D eigenvalue weighted by atomic mass is 10.1. The number of methoxy groups -OCH3 is 1. The van der Waals surface area contributed by atoms with Gasteiger partial charge in [0.05, 0.1) is 13.3 Å². The monoisotopic (exact) mass is 274 g/mol. The summed E-state index contributed by atoms with van der Waals surface area (Å²) in [7, 11) is 3.45. The molecule has 17 heavy (non-hydrogen) atoms. The van der Waals surface area contributed by atoms with Gasteiger partial charge in [0.25, 0.3) is 0 Å². The summed E-state index contributed by atoms with van der Waals surface area (Å²) >= 11 is 3.76. The Labute approximate surface area is 110 Å². The van der Waals surface area contributed by atoms with E-state index in [2.05, 4.69) is 12.0 Å². The average Bonchev–Trinajstić information content (AvgIpc) is 2.70. The molecule has 1 N–H and O–H groups in total. The van der Waals surface area contributed by atoms with Crippen LogP contribution in [0.25, 0.3) is 0 Å². The number of thioether (sulfide) groups is 2. The largest absolute Gasteiger partial charge is 0.493 e. The zero-order chi connectivity index (χ0) is 12.4. The van der Waals surface area contributed by atoms with Gasteiger partial charge in [0, 0.05) is 29.1 Å². The van der Waals surface area contributed by atoms with Crippen LogP contribution in [-0.2, 0) is 7.05 Å². The highest BCUT2D eigenvalue weighted by Gasteiger charge is 2.33. The van der Waals surface area contributed by atoms with E-state index in [0.29, 0.717) is 11.0 Å². The quantitative estimate of drug-likeness (QED) is 0.909. The van der Waals surface area contributed by atoms with Crippen LogP contribution in [0.1, 0.15) is 18.7 Å². The molecule has 0 spiro atoms. The highest BCUT2D eigenvalue weighted by atomic mass is 32.2. The van der Waals surface area contributed by atoms with Gasteiger partial charge < -0.3 is 9.84 Å². The van der Waals surface area contributed by atoms with Gasteiger partial charge in [0.1, 0.15) is 11.8 Å². The van der Waals surface area contributed by atoms with Crippen LogP contribution in [0.2, 0.25) is 0 Å². The molecule has 0 aromatic carbocycles. The molecule has 0 saturated carbocycles. The fourth-order valence-electron chi connectivity index (χ4n) is 2.07. The van der Waals surface area contributed by atoms with Crippen molar-refractivity contribution in [2.45, 2.75) is 23.5 Å². The molecule has 1 aromatic rings. The SMILES string of the molecule is COc1cnn(C)c1C(O)C1SCCSC1C. The molecule has 1 aliphatic rings. The van der Waals surface area contributed by atoms with Crippen LogP contribution in [0, 0.1) is 0 Å². The molecule has 3 unspecified atom stereocenters. The van der Waals surface area contributed by atoms with E-state index < -0.39 is 6.10 Å². The van der Waals surface area contributed by atoms with Crippen molar-refractivity contribution >= 4 is 23.5 Å². The molecular formula is C11H18N2O2S2. The van der Waals surface area contributed by atoms with Crippen LogP contribution in [0.3, 0.4) is 0 Å². The van der Waals surface area contributed by atoms with E-state index in [9.17, 15) is 5.11 Å². The fourth-order valence-corrected chi connectivity index (χ4v) is 4.88. The highest BCUT2D eigenvalue weighted by molar-refractivity contribution is 8.07. The maximum atomic E-state index is 10.5. The van der Waals surface area contributed by atoms with E-state index in [1.165, 1.54) is 0 Å². The third-order valence-corrected chi connectivity index (χ3v) is 6.18. The lowest BCUT2D eigenvalue weighted by Crippen LogP contribution is -2.30. The van der Waals surface area contributed by atoms with Gasteiger partial charge in [-0.2, -0.15) is 28.6 Å². The third-order valence-electron chi connectivity index (χ3n) is 3.00. The van der Waals surface area contributed by atoms with Crippen molar-refractivity contribution in [1.82, 2.24) is 9.78 Å². The number of ether oxygens (including phenoxy) is 1. The van der Waals surface area contributed by atoms with Crippen LogP contribution in [0.4, 0.5) is 0 Å². The number of rotatable bonds is 3. The smallest absolute Gasteiger partial charge is 0.162 e. The zero-order valence-electron chi connectivity index (χ0n) is 10.3. The van der Waals surface area contributed by atoms with E-state index in [4.69, 9.17) is 4.74 Å². The molecular weight excluding hydrogens is 256 g/mol. The first kappa shape index (κ1) is 13.1. The molecule has 6 heteroatoms. The second-order valence-corrected chi connectivity index (χ2v) is 6.85. The molecule has 0 amide bonds. The van der Waals surface area contributed by atoms with Gasteiger partial charge in [-0.3, -0.25) is 4.68 Å². The van der Waals surface area contributed by atoms with Crippen molar-refractivity contribution in [3.8, 4) is 5.75 Å². The third kappa shape index (κ3) is 2.58. The standard InChI is InChI=1S/C11H18N2O2S2/c1-7-11(17-5-4-16-7)10(14)9-8(15-3)6-12-13(9)2/h6-7,10-11,14H,4-5H2,1-3H3. The molecule has 0 bridgehead atoms. The molecule has 0 radical (unpaired) electrons. The van der Waals surface area contributed by atoms with Crippen molar-refractivity contribution in [2.24, 2.45) is 7.05 Å². The summed E-state index contributed by atoms with van der Waals surface area (Å²) in [5.41, 5.74) is 0.777. The van der Waals surface area contributed by atoms with E-state index in [1.54, 1.807) is 18.0 Å². The highest BCUT2D eigenvalue weighted by Crippen LogP contribution is 2.40. The van der Waals surface area contributed by atoms with Gasteiger partial charge in [0.2, 0.25) is 0 Å². The van der Waals surface area contributed by atoms with E-state index in [-0.39, 0.29) is 5.25 Å². The predicted octanol–water partition coefficient (Wildman–Crippen LogP) is 1.70. The number of hydrogen-bond acceptors (Lipinski definition) is 5. The Bertz CT molecular complexity index is 384. The molecule has 0 aliphatic carbocycles. The Morgan fingerprint density at radius 2 is 2.24 bits per heavy atom. The molecule has 1 aliphatic heterocycles. The topological polar surface area (TPSA) is 47.3 Å². The Kier molecular flexibility index (Phi) is 4.27. The first-order valence-electron chi connectivity index (χ1n) is 5.62. The number of hydrogen-bond donors (Lipinski definition) is 1. The summed E-state index contributed by atoms with van der Waals surface area (Å²) in [6.45, 7) is 2.17. The van der Waals surface area contributed by atoms with Crippen molar-refractivity contribution in [1.29, 1.82) is 0 Å². The lowest BCUT2D eigenvalue weighted by Gasteiger charge is -2.31. The van der Waals surface area contributed by atoms with Gasteiger partial charge in [0.15, 0.2) is 5.75 Å². The molecule has 1 saturated heterocycles. The summed E-state index contributed by atoms with van der Waals surface area (Å²) < 4.78 is 6.96. The summed E-state index contributed by atoms with van der Waals surface area (Å²) in [6, 6.07) is 0. The van der Waals surface area contributed by atoms with Crippen molar-refractivity contribution < 1.29 is 9.84 Å². The van der Waals surface area contributed by atoms with Gasteiger partial charge in [-0.1, -0.05) is 6.92 Å². The second-order valence-electron chi connectivity index (χ2n) is 4.08. The molecule has 4 nitrogen and oxygen atoms in total. The van der Waals surface area contributed by atoms with Crippen LogP contribution >= 0.6 is 23.5 Å². The van der Waals surface area contributed by atoms with Crippen molar-refractivity contribution in [2.75, 3.05) is 18.6 Å². The number of nitrogens with zero attached hydrogens (tertiary/aromatic N) is 2. The number of aryl methyl sites for hydroxylation is 1. The molecule has 96 valence electrons. The van der Waals surface area contributed by atoms with Crippen molar-refractivity contribution in [3.63, 3.8) is 0 Å². The number of aliphatic hydroxyl groups is 1. The molecule has 2 rings (SSSR count). The van der Waals surface area contributed by atoms with Gasteiger partial charge in [-0.05, 0) is 0 Å². The van der Waals surface area contributed by atoms with Crippen LogP contribution in [-0.4, -0.2) is 44.0 Å². The minimum absolute atomic E-state index is 0.207. The van der Waals surface area contributed by atoms with Crippen LogP contribution in [0.5, 0.6) is 5.75 Å². The molecule has 2 heterocycles. The average molecular weight is 274 g/mol. The van der Waals surface area contributed by atoms with Crippen LogP contribution < -0.4 is 4.74 Å². The maximum Gasteiger partial charge on any atom is 0.162 e. The summed E-state index contributed by atoms with van der Waals surface area (Å²) in [6.07, 6.45) is 1.13. The normalized spacial score (nSPS) is 26.8. The Morgan fingerprint density at radius 1 is 1.53 bits per heavy atom. The molecule has 3 atom stereocenters. The lowest BCUT2D eigenvalue weighted by molar-refractivity contribution is 0.160. The first-order valence-corrected chi connectivity index (χ1v) is 7.72. The molecule has 1 fully saturated rings. The predicted molar refractivity (Wildman–Crippen MR) is 72.9 cm³/mol. The van der Waals surface area contributed by atoms with Gasteiger partial charge in [-0.15, -0.1) is 0 Å². The summed E-state index contributed by atoms with van der Waals surface area (Å²) in [5.74, 6) is 2.93. The minimum Gasteiger partial charge on any atom is -0.493 e. The minimum atomic E-state index is -0.523. The van der Waals surface area contributed by atoms with Gasteiger partial charge in [-0.25, -0.2) is 0 Å². The Balaban J connectivity index is 2.22. The second kappa shape index (κ2) is 5.54.